The van der Waals surface area contributed by atoms with Crippen LogP contribution in [0.3, 0.4) is 0 Å². The number of halogens is 1. The van der Waals surface area contributed by atoms with E-state index in [9.17, 15) is 8.42 Å². The van der Waals surface area contributed by atoms with Gasteiger partial charge in [0.05, 0.1) is 16.3 Å². The Morgan fingerprint density at radius 2 is 1.95 bits per heavy atom. The normalized spacial score (nSPS) is 14.0. The third-order valence-electron chi connectivity index (χ3n) is 3.95. The van der Waals surface area contributed by atoms with E-state index < -0.39 is 9.84 Å². The van der Waals surface area contributed by atoms with Crippen molar-refractivity contribution in [2.75, 3.05) is 6.26 Å². The topological polar surface area (TPSA) is 52.0 Å². The number of para-hydroxylation sites is 1. The van der Waals surface area contributed by atoms with Crippen molar-refractivity contribution in [3.05, 3.63) is 24.0 Å². The zero-order chi connectivity index (χ0) is 15.8. The Labute approximate surface area is 131 Å². The Morgan fingerprint density at radius 1 is 1.29 bits per heavy atom. The average molecular weight is 329 g/mol. The van der Waals surface area contributed by atoms with Crippen LogP contribution in [0.25, 0.3) is 11.0 Å². The molecule has 0 amide bonds. The second kappa shape index (κ2) is 5.97. The van der Waals surface area contributed by atoms with Crippen molar-refractivity contribution in [2.24, 2.45) is 11.8 Å². The summed E-state index contributed by atoms with van der Waals surface area (Å²) in [7, 11) is -3.30. The van der Waals surface area contributed by atoms with Gasteiger partial charge in [0.25, 0.3) is 0 Å². The summed E-state index contributed by atoms with van der Waals surface area (Å²) in [5.74, 6) is 1.97. The van der Waals surface area contributed by atoms with Crippen molar-refractivity contribution in [3.63, 3.8) is 0 Å². The third kappa shape index (κ3) is 3.24. The van der Waals surface area contributed by atoms with Gasteiger partial charge < -0.3 is 4.57 Å². The molecule has 0 aliphatic heterocycles. The number of sulfone groups is 1. The molecule has 0 aliphatic carbocycles. The van der Waals surface area contributed by atoms with E-state index >= 15 is 0 Å². The van der Waals surface area contributed by atoms with Crippen molar-refractivity contribution in [3.8, 4) is 0 Å². The lowest BCUT2D eigenvalue weighted by Gasteiger charge is -2.18. The standard InChI is InChI=1S/C15H21ClN2O2S/c1-10(2)11(3)9-18-12-6-5-7-13(21(4,19)20)15(12)17-14(18)8-16/h5-7,10-11H,8-9H2,1-4H3. The number of imidazole rings is 1. The molecule has 0 saturated carbocycles. The molecule has 0 saturated heterocycles. The van der Waals surface area contributed by atoms with Gasteiger partial charge in [-0.25, -0.2) is 13.4 Å². The molecule has 1 aromatic carbocycles. The van der Waals surface area contributed by atoms with Crippen molar-refractivity contribution in [1.29, 1.82) is 0 Å². The Bertz CT molecular complexity index is 750. The minimum atomic E-state index is -3.30. The lowest BCUT2D eigenvalue weighted by atomic mass is 9.98. The zero-order valence-corrected chi connectivity index (χ0v) is 14.4. The van der Waals surface area contributed by atoms with E-state index in [1.165, 1.54) is 6.26 Å². The predicted octanol–water partition coefficient (Wildman–Crippen LogP) is 3.47. The highest BCUT2D eigenvalue weighted by molar-refractivity contribution is 7.91. The van der Waals surface area contributed by atoms with Gasteiger partial charge >= 0.3 is 0 Å². The quantitative estimate of drug-likeness (QED) is 0.790. The van der Waals surface area contributed by atoms with Crippen molar-refractivity contribution >= 4 is 32.5 Å². The average Bonchev–Trinajstić information content (AvgIpc) is 2.75. The summed E-state index contributed by atoms with van der Waals surface area (Å²) in [5, 5.41) is 0. The highest BCUT2D eigenvalue weighted by Gasteiger charge is 2.20. The van der Waals surface area contributed by atoms with E-state index in [4.69, 9.17) is 11.6 Å². The first-order chi connectivity index (χ1) is 9.75. The summed E-state index contributed by atoms with van der Waals surface area (Å²) in [5.41, 5.74) is 1.35. The maximum absolute atomic E-state index is 11.9. The van der Waals surface area contributed by atoms with E-state index in [0.717, 1.165) is 17.9 Å². The zero-order valence-electron chi connectivity index (χ0n) is 12.8. The first-order valence-corrected chi connectivity index (χ1v) is 9.42. The number of hydrogen-bond donors (Lipinski definition) is 0. The number of rotatable bonds is 5. The smallest absolute Gasteiger partial charge is 0.177 e. The van der Waals surface area contributed by atoms with Gasteiger partial charge in [-0.3, -0.25) is 0 Å². The highest BCUT2D eigenvalue weighted by atomic mass is 35.5. The summed E-state index contributed by atoms with van der Waals surface area (Å²) in [6.07, 6.45) is 1.21. The van der Waals surface area contributed by atoms with Crippen LogP contribution in [0.15, 0.2) is 23.1 Å². The molecule has 4 nitrogen and oxygen atoms in total. The number of alkyl halides is 1. The van der Waals surface area contributed by atoms with Gasteiger partial charge in [-0.05, 0) is 24.0 Å². The molecule has 1 aromatic heterocycles. The maximum atomic E-state index is 11.9. The van der Waals surface area contributed by atoms with Crippen LogP contribution in [-0.4, -0.2) is 24.2 Å². The molecule has 0 spiro atoms. The molecule has 2 rings (SSSR count). The molecule has 1 heterocycles. The van der Waals surface area contributed by atoms with Crippen LogP contribution in [0.5, 0.6) is 0 Å². The number of fused-ring (bicyclic) bond motifs is 1. The highest BCUT2D eigenvalue weighted by Crippen LogP contribution is 2.26. The minimum Gasteiger partial charge on any atom is -0.327 e. The Balaban J connectivity index is 2.66. The molecule has 2 aromatic rings. The van der Waals surface area contributed by atoms with Crippen LogP contribution in [0, 0.1) is 11.8 Å². The third-order valence-corrected chi connectivity index (χ3v) is 5.32. The molecular weight excluding hydrogens is 308 g/mol. The first-order valence-electron chi connectivity index (χ1n) is 6.99. The molecule has 1 unspecified atom stereocenters. The fourth-order valence-electron chi connectivity index (χ4n) is 2.27. The predicted molar refractivity (Wildman–Crippen MR) is 86.4 cm³/mol. The van der Waals surface area contributed by atoms with Gasteiger partial charge in [0.15, 0.2) is 9.84 Å². The largest absolute Gasteiger partial charge is 0.327 e. The first kappa shape index (κ1) is 16.3. The maximum Gasteiger partial charge on any atom is 0.177 e. The van der Waals surface area contributed by atoms with Crippen LogP contribution in [0.2, 0.25) is 0 Å². The number of aromatic nitrogens is 2. The van der Waals surface area contributed by atoms with Gasteiger partial charge in [-0.1, -0.05) is 26.8 Å². The Hall–Kier alpha value is -1.07. The molecular formula is C15H21ClN2O2S. The molecule has 0 N–H and O–H groups in total. The Morgan fingerprint density at radius 3 is 2.48 bits per heavy atom. The molecule has 6 heteroatoms. The fraction of sp³-hybridized carbons (Fsp3) is 0.533. The molecule has 116 valence electrons. The van der Waals surface area contributed by atoms with Crippen LogP contribution >= 0.6 is 11.6 Å². The van der Waals surface area contributed by atoms with E-state index in [2.05, 4.69) is 25.8 Å². The van der Waals surface area contributed by atoms with Gasteiger partial charge in [0.2, 0.25) is 0 Å². The van der Waals surface area contributed by atoms with Gasteiger partial charge in [-0.15, -0.1) is 11.6 Å². The van der Waals surface area contributed by atoms with Crippen molar-refractivity contribution in [2.45, 2.75) is 38.1 Å². The SMILES string of the molecule is CC(C)C(C)Cn1c(CCl)nc2c(S(C)(=O)=O)cccc21. The monoisotopic (exact) mass is 328 g/mol. The summed E-state index contributed by atoms with van der Waals surface area (Å²) >= 11 is 6.00. The summed E-state index contributed by atoms with van der Waals surface area (Å²) in [6, 6.07) is 5.26. The van der Waals surface area contributed by atoms with E-state index in [1.807, 2.05) is 10.6 Å². The summed E-state index contributed by atoms with van der Waals surface area (Å²) in [4.78, 5) is 4.73. The number of benzene rings is 1. The van der Waals surface area contributed by atoms with E-state index in [0.29, 0.717) is 17.4 Å². The van der Waals surface area contributed by atoms with E-state index in [-0.39, 0.29) is 10.8 Å². The lowest BCUT2D eigenvalue weighted by Crippen LogP contribution is -2.14. The second-order valence-electron chi connectivity index (χ2n) is 5.89. The van der Waals surface area contributed by atoms with Gasteiger partial charge in [0.1, 0.15) is 11.3 Å². The molecule has 0 radical (unpaired) electrons. The van der Waals surface area contributed by atoms with Crippen LogP contribution in [-0.2, 0) is 22.3 Å². The van der Waals surface area contributed by atoms with Crippen LogP contribution in [0.1, 0.15) is 26.6 Å². The molecule has 21 heavy (non-hydrogen) atoms. The summed E-state index contributed by atoms with van der Waals surface area (Å²) in [6.45, 7) is 7.30. The van der Waals surface area contributed by atoms with Crippen molar-refractivity contribution in [1.82, 2.24) is 9.55 Å². The van der Waals surface area contributed by atoms with E-state index in [1.54, 1.807) is 12.1 Å². The van der Waals surface area contributed by atoms with Crippen LogP contribution in [0.4, 0.5) is 0 Å². The lowest BCUT2D eigenvalue weighted by molar-refractivity contribution is 0.365. The van der Waals surface area contributed by atoms with Gasteiger partial charge in [0, 0.05) is 12.8 Å². The Kier molecular flexibility index (Phi) is 4.63. The van der Waals surface area contributed by atoms with Gasteiger partial charge in [-0.2, -0.15) is 0 Å². The summed E-state index contributed by atoms with van der Waals surface area (Å²) < 4.78 is 25.9. The van der Waals surface area contributed by atoms with Crippen molar-refractivity contribution < 1.29 is 8.42 Å². The molecule has 0 aliphatic rings. The second-order valence-corrected chi connectivity index (χ2v) is 8.14. The molecule has 1 atom stereocenters. The fourth-order valence-corrected chi connectivity index (χ4v) is 3.30. The van der Waals surface area contributed by atoms with Crippen LogP contribution < -0.4 is 0 Å². The number of hydrogen-bond acceptors (Lipinski definition) is 3. The number of nitrogens with zero attached hydrogens (tertiary/aromatic N) is 2. The molecule has 0 bridgehead atoms. The minimum absolute atomic E-state index is 0.266. The molecule has 0 fully saturated rings.